The molecular formula is C18H18N2O. The summed E-state index contributed by atoms with van der Waals surface area (Å²) in [5.41, 5.74) is 4.82. The quantitative estimate of drug-likeness (QED) is 0.737. The van der Waals surface area contributed by atoms with Crippen molar-refractivity contribution >= 4 is 22.5 Å². The van der Waals surface area contributed by atoms with Crippen LogP contribution in [0.4, 0.5) is 5.69 Å². The molecule has 2 N–H and O–H groups in total. The second-order valence-corrected chi connectivity index (χ2v) is 5.16. The van der Waals surface area contributed by atoms with Crippen LogP contribution in [0.1, 0.15) is 28.4 Å². The minimum Gasteiger partial charge on any atom is -0.360 e. The van der Waals surface area contributed by atoms with Gasteiger partial charge in [-0.15, -0.1) is 0 Å². The number of carbonyl (C=O) groups excluding carboxylic acids is 1. The second-order valence-electron chi connectivity index (χ2n) is 5.16. The number of hydrogen-bond acceptors (Lipinski definition) is 1. The van der Waals surface area contributed by atoms with Gasteiger partial charge in [0, 0.05) is 22.8 Å². The highest BCUT2D eigenvalue weighted by molar-refractivity contribution is 6.13. The zero-order chi connectivity index (χ0) is 14.8. The Morgan fingerprint density at radius 1 is 1.14 bits per heavy atom. The van der Waals surface area contributed by atoms with E-state index in [9.17, 15) is 4.79 Å². The van der Waals surface area contributed by atoms with Gasteiger partial charge in [-0.3, -0.25) is 4.79 Å². The largest absolute Gasteiger partial charge is 0.360 e. The Balaban J connectivity index is 1.97. The second kappa shape index (κ2) is 5.44. The SMILES string of the molecule is CCc1cccc(C)c1NC(=O)c1c[nH]c2ccccc12. The number of aromatic nitrogens is 1. The molecule has 0 aliphatic heterocycles. The molecule has 0 aliphatic carbocycles. The highest BCUT2D eigenvalue weighted by Gasteiger charge is 2.14. The summed E-state index contributed by atoms with van der Waals surface area (Å²) in [5, 5.41) is 4.01. The van der Waals surface area contributed by atoms with E-state index in [0.29, 0.717) is 5.56 Å². The number of carbonyl (C=O) groups is 1. The Kier molecular flexibility index (Phi) is 3.48. The third-order valence-electron chi connectivity index (χ3n) is 3.81. The van der Waals surface area contributed by atoms with E-state index in [0.717, 1.165) is 34.1 Å². The zero-order valence-corrected chi connectivity index (χ0v) is 12.2. The van der Waals surface area contributed by atoms with Gasteiger partial charge >= 0.3 is 0 Å². The van der Waals surface area contributed by atoms with E-state index < -0.39 is 0 Å². The van der Waals surface area contributed by atoms with E-state index in [1.807, 2.05) is 43.3 Å². The van der Waals surface area contributed by atoms with E-state index in [-0.39, 0.29) is 5.91 Å². The molecule has 0 saturated carbocycles. The van der Waals surface area contributed by atoms with Crippen LogP contribution in [0.2, 0.25) is 0 Å². The van der Waals surface area contributed by atoms with Crippen LogP contribution in [0.15, 0.2) is 48.7 Å². The van der Waals surface area contributed by atoms with Crippen molar-refractivity contribution in [3.05, 3.63) is 65.4 Å². The summed E-state index contributed by atoms with van der Waals surface area (Å²) < 4.78 is 0. The smallest absolute Gasteiger partial charge is 0.257 e. The van der Waals surface area contributed by atoms with Gasteiger partial charge in [0.1, 0.15) is 0 Å². The van der Waals surface area contributed by atoms with Crippen LogP contribution in [-0.2, 0) is 6.42 Å². The maximum absolute atomic E-state index is 12.6. The highest BCUT2D eigenvalue weighted by atomic mass is 16.1. The van der Waals surface area contributed by atoms with E-state index in [1.54, 1.807) is 6.20 Å². The lowest BCUT2D eigenvalue weighted by molar-refractivity contribution is 0.102. The number of para-hydroxylation sites is 2. The zero-order valence-electron chi connectivity index (χ0n) is 12.2. The van der Waals surface area contributed by atoms with Crippen LogP contribution < -0.4 is 5.32 Å². The number of nitrogens with one attached hydrogen (secondary N) is 2. The molecule has 0 fully saturated rings. The van der Waals surface area contributed by atoms with E-state index in [4.69, 9.17) is 0 Å². The minimum atomic E-state index is -0.0727. The lowest BCUT2D eigenvalue weighted by Gasteiger charge is -2.12. The number of rotatable bonds is 3. The fourth-order valence-corrected chi connectivity index (χ4v) is 2.64. The van der Waals surface area contributed by atoms with Crippen LogP contribution in [0.3, 0.4) is 0 Å². The predicted molar refractivity (Wildman–Crippen MR) is 86.8 cm³/mol. The molecule has 106 valence electrons. The molecule has 1 aromatic heterocycles. The number of anilines is 1. The molecule has 2 aromatic carbocycles. The van der Waals surface area contributed by atoms with Crippen molar-refractivity contribution in [2.45, 2.75) is 20.3 Å². The molecule has 3 aromatic rings. The number of amides is 1. The van der Waals surface area contributed by atoms with Crippen molar-refractivity contribution in [3.8, 4) is 0 Å². The lowest BCUT2D eigenvalue weighted by atomic mass is 10.1. The molecule has 0 bridgehead atoms. The number of H-pyrrole nitrogens is 1. The van der Waals surface area contributed by atoms with Crippen LogP contribution in [-0.4, -0.2) is 10.9 Å². The van der Waals surface area contributed by atoms with E-state index in [1.165, 1.54) is 0 Å². The van der Waals surface area contributed by atoms with Gasteiger partial charge in [0.25, 0.3) is 5.91 Å². The summed E-state index contributed by atoms with van der Waals surface area (Å²) in [6, 6.07) is 13.9. The molecule has 0 unspecified atom stereocenters. The Hall–Kier alpha value is -2.55. The first kappa shape index (κ1) is 13.4. The normalized spacial score (nSPS) is 10.8. The molecule has 0 saturated heterocycles. The van der Waals surface area contributed by atoms with Gasteiger partial charge in [0.15, 0.2) is 0 Å². The van der Waals surface area contributed by atoms with E-state index >= 15 is 0 Å². The third-order valence-corrected chi connectivity index (χ3v) is 3.81. The van der Waals surface area contributed by atoms with Gasteiger partial charge < -0.3 is 10.3 Å². The molecule has 21 heavy (non-hydrogen) atoms. The van der Waals surface area contributed by atoms with Crippen molar-refractivity contribution in [1.82, 2.24) is 4.98 Å². The Morgan fingerprint density at radius 3 is 2.76 bits per heavy atom. The monoisotopic (exact) mass is 278 g/mol. The third kappa shape index (κ3) is 2.42. The van der Waals surface area contributed by atoms with Crippen molar-refractivity contribution in [2.75, 3.05) is 5.32 Å². The van der Waals surface area contributed by atoms with Crippen molar-refractivity contribution < 1.29 is 4.79 Å². The molecule has 0 atom stereocenters. The maximum atomic E-state index is 12.6. The summed E-state index contributed by atoms with van der Waals surface area (Å²) in [7, 11) is 0. The maximum Gasteiger partial charge on any atom is 0.257 e. The number of fused-ring (bicyclic) bond motifs is 1. The molecule has 3 rings (SSSR count). The highest BCUT2D eigenvalue weighted by Crippen LogP contribution is 2.24. The first-order valence-electron chi connectivity index (χ1n) is 7.16. The van der Waals surface area contributed by atoms with Gasteiger partial charge in [0.05, 0.1) is 5.56 Å². The Morgan fingerprint density at radius 2 is 1.95 bits per heavy atom. The number of aromatic amines is 1. The fourth-order valence-electron chi connectivity index (χ4n) is 2.64. The van der Waals surface area contributed by atoms with Gasteiger partial charge in [-0.1, -0.05) is 43.3 Å². The number of aryl methyl sites for hydroxylation is 2. The van der Waals surface area contributed by atoms with Crippen molar-refractivity contribution in [2.24, 2.45) is 0 Å². The molecule has 0 aliphatic rings. The standard InChI is InChI=1S/C18H18N2O/c1-3-13-8-6-7-12(2)17(13)20-18(21)15-11-19-16-10-5-4-9-14(15)16/h4-11,19H,3H2,1-2H3,(H,20,21). The molecule has 3 nitrogen and oxygen atoms in total. The van der Waals surface area contributed by atoms with Gasteiger partial charge in [-0.25, -0.2) is 0 Å². The fraction of sp³-hybridized carbons (Fsp3) is 0.167. The van der Waals surface area contributed by atoms with Crippen LogP contribution in [0.5, 0.6) is 0 Å². The van der Waals surface area contributed by atoms with Crippen molar-refractivity contribution in [3.63, 3.8) is 0 Å². The molecule has 0 radical (unpaired) electrons. The Bertz CT molecular complexity index is 802. The van der Waals surface area contributed by atoms with Gasteiger partial charge in [-0.2, -0.15) is 0 Å². The predicted octanol–water partition coefficient (Wildman–Crippen LogP) is 4.29. The first-order valence-corrected chi connectivity index (χ1v) is 7.16. The number of hydrogen-bond donors (Lipinski definition) is 2. The summed E-state index contributed by atoms with van der Waals surface area (Å²) in [5.74, 6) is -0.0727. The summed E-state index contributed by atoms with van der Waals surface area (Å²) in [6.45, 7) is 4.11. The topological polar surface area (TPSA) is 44.9 Å². The molecule has 3 heteroatoms. The molecule has 1 amide bonds. The average Bonchev–Trinajstić information content (AvgIpc) is 2.93. The molecular weight excluding hydrogens is 260 g/mol. The van der Waals surface area contributed by atoms with Gasteiger partial charge in [0.2, 0.25) is 0 Å². The number of benzene rings is 2. The van der Waals surface area contributed by atoms with Crippen LogP contribution >= 0.6 is 0 Å². The summed E-state index contributed by atoms with van der Waals surface area (Å²) in [6.07, 6.45) is 2.66. The molecule has 1 heterocycles. The van der Waals surface area contributed by atoms with Crippen molar-refractivity contribution in [1.29, 1.82) is 0 Å². The lowest BCUT2D eigenvalue weighted by Crippen LogP contribution is -2.13. The molecule has 0 spiro atoms. The summed E-state index contributed by atoms with van der Waals surface area (Å²) >= 11 is 0. The van der Waals surface area contributed by atoms with Crippen LogP contribution in [0, 0.1) is 6.92 Å². The van der Waals surface area contributed by atoms with Crippen LogP contribution in [0.25, 0.3) is 10.9 Å². The van der Waals surface area contributed by atoms with Gasteiger partial charge in [-0.05, 0) is 30.5 Å². The summed E-state index contributed by atoms with van der Waals surface area (Å²) in [4.78, 5) is 15.7. The average molecular weight is 278 g/mol. The van der Waals surface area contributed by atoms with E-state index in [2.05, 4.69) is 23.3 Å². The first-order chi connectivity index (χ1) is 10.2. The minimum absolute atomic E-state index is 0.0727. The Labute approximate surface area is 124 Å².